The molecular formula is C23H34O2. The molecule has 138 valence electrons. The van der Waals surface area contributed by atoms with Crippen molar-refractivity contribution in [3.63, 3.8) is 0 Å². The number of fused-ring (bicyclic) bond motifs is 9. The molecule has 0 spiro atoms. The second-order valence-electron chi connectivity index (χ2n) is 10.9. The molecule has 2 heteroatoms. The molecule has 0 radical (unpaired) electrons. The minimum Gasteiger partial charge on any atom is -0.462 e. The third-order valence-corrected chi connectivity index (χ3v) is 8.75. The van der Waals surface area contributed by atoms with Gasteiger partial charge in [0.25, 0.3) is 0 Å². The fraction of sp³-hybridized carbons (Fsp3) is 0.870. The van der Waals surface area contributed by atoms with Crippen molar-refractivity contribution in [1.29, 1.82) is 0 Å². The van der Waals surface area contributed by atoms with E-state index in [1.807, 2.05) is 0 Å². The van der Waals surface area contributed by atoms with Crippen LogP contribution >= 0.6 is 0 Å². The Kier molecular flexibility index (Phi) is 3.67. The summed E-state index contributed by atoms with van der Waals surface area (Å²) in [7, 11) is 0. The van der Waals surface area contributed by atoms with E-state index in [1.165, 1.54) is 25.7 Å². The molecule has 0 aromatic carbocycles. The molecule has 4 fully saturated rings. The fourth-order valence-corrected chi connectivity index (χ4v) is 7.59. The Balaban J connectivity index is 1.19. The van der Waals surface area contributed by atoms with Gasteiger partial charge in [-0.25, -0.2) is 0 Å². The Bertz CT molecular complexity index is 577. The van der Waals surface area contributed by atoms with Crippen molar-refractivity contribution < 1.29 is 9.53 Å². The second-order valence-corrected chi connectivity index (χ2v) is 10.9. The molecule has 0 amide bonds. The first kappa shape index (κ1) is 16.4. The second kappa shape index (κ2) is 5.60. The van der Waals surface area contributed by atoms with Crippen LogP contribution in [0.4, 0.5) is 0 Å². The number of carbonyl (C=O) groups is 1. The normalized spacial score (nSPS) is 50.3. The summed E-state index contributed by atoms with van der Waals surface area (Å²) in [5.41, 5.74) is 0.393. The van der Waals surface area contributed by atoms with Crippen molar-refractivity contribution in [2.45, 2.75) is 71.8 Å². The van der Waals surface area contributed by atoms with Crippen LogP contribution in [0.3, 0.4) is 0 Å². The van der Waals surface area contributed by atoms with Gasteiger partial charge in [-0.15, -0.1) is 0 Å². The lowest BCUT2D eigenvalue weighted by molar-refractivity contribution is -0.159. The first-order valence-corrected chi connectivity index (χ1v) is 10.8. The molecule has 4 bridgehead atoms. The molecule has 0 aromatic rings. The average molecular weight is 343 g/mol. The molecule has 5 aliphatic carbocycles. The van der Waals surface area contributed by atoms with E-state index in [9.17, 15) is 4.79 Å². The summed E-state index contributed by atoms with van der Waals surface area (Å²) in [5.74, 6) is 5.95. The van der Waals surface area contributed by atoms with Gasteiger partial charge in [0.1, 0.15) is 6.10 Å². The zero-order chi connectivity index (χ0) is 17.3. The van der Waals surface area contributed by atoms with Gasteiger partial charge in [0, 0.05) is 0 Å². The first-order chi connectivity index (χ1) is 11.9. The maximum atomic E-state index is 12.9. The molecule has 7 unspecified atom stereocenters. The number of allylic oxidation sites excluding steroid dienone is 2. The summed E-state index contributed by atoms with van der Waals surface area (Å²) in [4.78, 5) is 12.9. The van der Waals surface area contributed by atoms with E-state index in [1.54, 1.807) is 0 Å². The topological polar surface area (TPSA) is 26.3 Å². The van der Waals surface area contributed by atoms with E-state index in [0.29, 0.717) is 11.3 Å². The molecule has 0 N–H and O–H groups in total. The number of rotatable bonds is 2. The number of hydrogen-bond acceptors (Lipinski definition) is 2. The maximum absolute atomic E-state index is 12.9. The van der Waals surface area contributed by atoms with Crippen LogP contribution in [0.5, 0.6) is 0 Å². The summed E-state index contributed by atoms with van der Waals surface area (Å²) in [5, 5.41) is 0. The van der Waals surface area contributed by atoms with Gasteiger partial charge in [0.05, 0.1) is 5.92 Å². The van der Waals surface area contributed by atoms with Gasteiger partial charge < -0.3 is 4.74 Å². The van der Waals surface area contributed by atoms with Crippen molar-refractivity contribution in [2.75, 3.05) is 0 Å². The van der Waals surface area contributed by atoms with Crippen molar-refractivity contribution in [1.82, 2.24) is 0 Å². The van der Waals surface area contributed by atoms with Crippen molar-refractivity contribution in [3.8, 4) is 0 Å². The summed E-state index contributed by atoms with van der Waals surface area (Å²) in [6.45, 7) is 7.04. The Morgan fingerprint density at radius 1 is 0.920 bits per heavy atom. The smallest absolute Gasteiger partial charge is 0.309 e. The molecule has 5 rings (SSSR count). The number of hydrogen-bond donors (Lipinski definition) is 0. The Morgan fingerprint density at radius 3 is 2.28 bits per heavy atom. The van der Waals surface area contributed by atoms with Crippen LogP contribution in [0.25, 0.3) is 0 Å². The van der Waals surface area contributed by atoms with Crippen LogP contribution in [-0.2, 0) is 9.53 Å². The highest BCUT2D eigenvalue weighted by molar-refractivity contribution is 5.74. The van der Waals surface area contributed by atoms with E-state index in [0.717, 1.165) is 54.8 Å². The lowest BCUT2D eigenvalue weighted by Crippen LogP contribution is -2.37. The highest BCUT2D eigenvalue weighted by Gasteiger charge is 2.62. The molecule has 0 aliphatic heterocycles. The van der Waals surface area contributed by atoms with E-state index in [2.05, 4.69) is 32.9 Å². The van der Waals surface area contributed by atoms with E-state index < -0.39 is 0 Å². The molecule has 0 aromatic heterocycles. The quantitative estimate of drug-likeness (QED) is 0.390. The van der Waals surface area contributed by atoms with E-state index in [4.69, 9.17) is 4.74 Å². The van der Waals surface area contributed by atoms with Crippen molar-refractivity contribution in [3.05, 3.63) is 12.2 Å². The van der Waals surface area contributed by atoms with Crippen LogP contribution in [0.2, 0.25) is 0 Å². The highest BCUT2D eigenvalue weighted by atomic mass is 16.5. The van der Waals surface area contributed by atoms with Gasteiger partial charge >= 0.3 is 5.97 Å². The fourth-order valence-electron chi connectivity index (χ4n) is 7.59. The summed E-state index contributed by atoms with van der Waals surface area (Å²) >= 11 is 0. The lowest BCUT2D eigenvalue weighted by Gasteiger charge is -2.38. The summed E-state index contributed by atoms with van der Waals surface area (Å²) in [6, 6.07) is 0. The van der Waals surface area contributed by atoms with Crippen LogP contribution in [0.1, 0.15) is 65.7 Å². The maximum Gasteiger partial charge on any atom is 0.309 e. The first-order valence-electron chi connectivity index (χ1n) is 10.8. The zero-order valence-corrected chi connectivity index (χ0v) is 16.1. The highest BCUT2D eigenvalue weighted by Crippen LogP contribution is 2.67. The summed E-state index contributed by atoms with van der Waals surface area (Å²) in [6.07, 6.45) is 13.5. The number of ether oxygens (including phenoxy) is 1. The molecule has 0 heterocycles. The van der Waals surface area contributed by atoms with Gasteiger partial charge in [0.2, 0.25) is 0 Å². The predicted molar refractivity (Wildman–Crippen MR) is 98.7 cm³/mol. The molecule has 5 aliphatic rings. The SMILES string of the molecule is CC(C)(C)C1CCC(OC(=O)C2CC3CC2C2C4C=CC(C4)C32)CC1. The van der Waals surface area contributed by atoms with Crippen LogP contribution in [0.15, 0.2) is 12.2 Å². The van der Waals surface area contributed by atoms with Gasteiger partial charge in [-0.2, -0.15) is 0 Å². The minimum absolute atomic E-state index is 0.164. The standard InChI is InChI=1S/C23H34O2/c1-23(2,3)16-6-8-17(9-7-16)25-22(24)19-12-15-11-18(19)21-14-5-4-13(10-14)20(15)21/h4-5,13-21H,6-12H2,1-3H3. The third-order valence-electron chi connectivity index (χ3n) is 8.75. The molecular weight excluding hydrogens is 308 g/mol. The minimum atomic E-state index is 0.164. The van der Waals surface area contributed by atoms with Crippen LogP contribution < -0.4 is 0 Å². The largest absolute Gasteiger partial charge is 0.462 e. The Labute approximate surface area is 152 Å². The average Bonchev–Trinajstić information content (AvgIpc) is 3.33. The van der Waals surface area contributed by atoms with Crippen molar-refractivity contribution in [2.24, 2.45) is 52.8 Å². The molecule has 25 heavy (non-hydrogen) atoms. The van der Waals surface area contributed by atoms with Crippen LogP contribution in [-0.4, -0.2) is 12.1 Å². The molecule has 4 saturated carbocycles. The summed E-state index contributed by atoms with van der Waals surface area (Å²) < 4.78 is 6.06. The number of esters is 1. The predicted octanol–water partition coefficient (Wildman–Crippen LogP) is 5.23. The molecule has 2 nitrogen and oxygen atoms in total. The van der Waals surface area contributed by atoms with Gasteiger partial charge in [0.15, 0.2) is 0 Å². The van der Waals surface area contributed by atoms with E-state index >= 15 is 0 Å². The zero-order valence-electron chi connectivity index (χ0n) is 16.1. The van der Waals surface area contributed by atoms with Gasteiger partial charge in [-0.3, -0.25) is 4.79 Å². The van der Waals surface area contributed by atoms with Crippen molar-refractivity contribution >= 4 is 5.97 Å². The molecule has 0 saturated heterocycles. The Hall–Kier alpha value is -0.790. The van der Waals surface area contributed by atoms with Gasteiger partial charge in [-0.1, -0.05) is 32.9 Å². The molecule has 7 atom stereocenters. The van der Waals surface area contributed by atoms with E-state index in [-0.39, 0.29) is 18.0 Å². The third kappa shape index (κ3) is 2.53. The monoisotopic (exact) mass is 342 g/mol. The lowest BCUT2D eigenvalue weighted by atomic mass is 9.69. The van der Waals surface area contributed by atoms with Gasteiger partial charge in [-0.05, 0) is 91.8 Å². The number of carbonyl (C=O) groups excluding carboxylic acids is 1. The van der Waals surface area contributed by atoms with Crippen LogP contribution in [0, 0.1) is 52.8 Å². The Morgan fingerprint density at radius 2 is 1.60 bits per heavy atom.